The van der Waals surface area contributed by atoms with Gasteiger partial charge in [0.05, 0.1) is 0 Å². The highest BCUT2D eigenvalue weighted by Crippen LogP contribution is 2.28. The average molecular weight is 439 g/mol. The lowest BCUT2D eigenvalue weighted by Crippen LogP contribution is -2.42. The molecule has 2 saturated heterocycles. The molecule has 2 aromatic heterocycles. The monoisotopic (exact) mass is 439 g/mol. The minimum Gasteiger partial charge on any atom is -0.355 e. The van der Waals surface area contributed by atoms with E-state index in [9.17, 15) is 22.8 Å². The molecule has 0 aliphatic carbocycles. The van der Waals surface area contributed by atoms with Gasteiger partial charge in [0.1, 0.15) is 5.82 Å². The van der Waals surface area contributed by atoms with Gasteiger partial charge in [0.2, 0.25) is 11.8 Å². The van der Waals surface area contributed by atoms with Crippen molar-refractivity contribution < 1.29 is 22.8 Å². The summed E-state index contributed by atoms with van der Waals surface area (Å²) in [6.45, 7) is 2.90. The zero-order valence-corrected chi connectivity index (χ0v) is 16.9. The molecule has 0 saturated carbocycles. The Balaban J connectivity index is 1.29. The van der Waals surface area contributed by atoms with E-state index in [1.54, 1.807) is 6.07 Å². The van der Waals surface area contributed by atoms with Gasteiger partial charge in [-0.25, -0.2) is 0 Å². The van der Waals surface area contributed by atoms with E-state index in [2.05, 4.69) is 20.6 Å². The maximum Gasteiger partial charge on any atom is 0.453 e. The van der Waals surface area contributed by atoms with Crippen LogP contribution in [0, 0.1) is 5.92 Å². The fourth-order valence-electron chi connectivity index (χ4n) is 4.06. The molecule has 168 valence electrons. The van der Waals surface area contributed by atoms with E-state index in [4.69, 9.17) is 0 Å². The summed E-state index contributed by atoms with van der Waals surface area (Å²) in [5, 5.41) is 13.6. The Morgan fingerprint density at radius 2 is 1.77 bits per heavy atom. The largest absolute Gasteiger partial charge is 0.453 e. The molecule has 2 amide bonds. The zero-order chi connectivity index (χ0) is 22.0. The summed E-state index contributed by atoms with van der Waals surface area (Å²) in [5.74, 6) is -0.991. The van der Waals surface area contributed by atoms with Gasteiger partial charge in [0.15, 0.2) is 5.65 Å². The summed E-state index contributed by atoms with van der Waals surface area (Å²) in [7, 11) is 0. The van der Waals surface area contributed by atoms with Crippen LogP contribution in [-0.4, -0.2) is 69.2 Å². The Kier molecular flexibility index (Phi) is 5.96. The lowest BCUT2D eigenvalue weighted by atomic mass is 9.96. The van der Waals surface area contributed by atoms with Crippen molar-refractivity contribution in [1.82, 2.24) is 30.0 Å². The molecule has 0 radical (unpaired) electrons. The minimum absolute atomic E-state index is 0.0221. The number of nitrogens with zero attached hydrogens (tertiary/aromatic N) is 6. The molecule has 9 nitrogen and oxygen atoms in total. The lowest BCUT2D eigenvalue weighted by Gasteiger charge is -2.32. The fourth-order valence-corrected chi connectivity index (χ4v) is 4.06. The number of nitrogens with one attached hydrogen (secondary N) is 1. The van der Waals surface area contributed by atoms with Crippen molar-refractivity contribution in [2.45, 2.75) is 38.3 Å². The van der Waals surface area contributed by atoms with E-state index in [0.29, 0.717) is 49.2 Å². The highest BCUT2D eigenvalue weighted by Gasteiger charge is 2.38. The Bertz CT molecular complexity index is 948. The molecule has 2 fully saturated rings. The third-order valence-electron chi connectivity index (χ3n) is 5.79. The van der Waals surface area contributed by atoms with E-state index < -0.39 is 12.0 Å². The van der Waals surface area contributed by atoms with Gasteiger partial charge < -0.3 is 15.1 Å². The van der Waals surface area contributed by atoms with Gasteiger partial charge >= 0.3 is 6.18 Å². The number of fused-ring (bicyclic) bond motifs is 1. The molecule has 0 aromatic carbocycles. The molecule has 1 N–H and O–H groups in total. The maximum atomic E-state index is 13.1. The van der Waals surface area contributed by atoms with Crippen LogP contribution in [-0.2, 0) is 15.8 Å². The second kappa shape index (κ2) is 8.67. The van der Waals surface area contributed by atoms with Gasteiger partial charge in [-0.05, 0) is 37.8 Å². The van der Waals surface area contributed by atoms with Crippen LogP contribution in [0.5, 0.6) is 0 Å². The summed E-state index contributed by atoms with van der Waals surface area (Å²) in [4.78, 5) is 28.1. The third kappa shape index (κ3) is 4.72. The number of piperidine rings is 1. The highest BCUT2D eigenvalue weighted by atomic mass is 19.4. The molecular weight excluding hydrogens is 415 g/mol. The van der Waals surface area contributed by atoms with Crippen LogP contribution >= 0.6 is 0 Å². The predicted molar refractivity (Wildman–Crippen MR) is 104 cm³/mol. The van der Waals surface area contributed by atoms with E-state index >= 15 is 0 Å². The summed E-state index contributed by atoms with van der Waals surface area (Å²) in [6, 6.07) is 3.05. The van der Waals surface area contributed by atoms with Crippen LogP contribution in [0.1, 0.15) is 37.9 Å². The van der Waals surface area contributed by atoms with Gasteiger partial charge in [-0.2, -0.15) is 17.7 Å². The first-order chi connectivity index (χ1) is 14.8. The Labute approximate surface area is 176 Å². The quantitative estimate of drug-likeness (QED) is 0.759. The van der Waals surface area contributed by atoms with Gasteiger partial charge in [0.25, 0.3) is 5.82 Å². The van der Waals surface area contributed by atoms with Crippen LogP contribution in [0.15, 0.2) is 12.1 Å². The van der Waals surface area contributed by atoms with Crippen LogP contribution in [0.2, 0.25) is 0 Å². The molecule has 12 heteroatoms. The first-order valence-corrected chi connectivity index (χ1v) is 10.4. The van der Waals surface area contributed by atoms with Crippen molar-refractivity contribution in [3.05, 3.63) is 18.0 Å². The molecule has 4 rings (SSSR count). The molecule has 0 atom stereocenters. The van der Waals surface area contributed by atoms with Crippen molar-refractivity contribution in [3.8, 4) is 0 Å². The first-order valence-electron chi connectivity index (χ1n) is 10.4. The number of carbonyl (C=O) groups is 2. The normalized spacial score (nSPS) is 18.0. The number of hydrogen-bond donors (Lipinski definition) is 1. The van der Waals surface area contributed by atoms with Crippen LogP contribution in [0.25, 0.3) is 5.65 Å². The topological polar surface area (TPSA) is 95.7 Å². The zero-order valence-electron chi connectivity index (χ0n) is 16.9. The number of hydrogen-bond acceptors (Lipinski definition) is 6. The summed E-state index contributed by atoms with van der Waals surface area (Å²) < 4.78 is 39.9. The second-order valence-corrected chi connectivity index (χ2v) is 7.87. The first kappa shape index (κ1) is 21.3. The molecule has 2 aromatic rings. The lowest BCUT2D eigenvalue weighted by molar-refractivity contribution is -0.146. The summed E-state index contributed by atoms with van der Waals surface area (Å²) in [6.07, 6.45) is -1.16. The number of likely N-dealkylation sites (tertiary alicyclic amines) is 1. The number of carbonyl (C=O) groups excluding carboxylic acids is 2. The van der Waals surface area contributed by atoms with E-state index in [0.717, 1.165) is 25.9 Å². The van der Waals surface area contributed by atoms with Crippen LogP contribution < -0.4 is 10.2 Å². The second-order valence-electron chi connectivity index (χ2n) is 7.87. The molecule has 31 heavy (non-hydrogen) atoms. The van der Waals surface area contributed by atoms with Crippen molar-refractivity contribution in [3.63, 3.8) is 0 Å². The molecule has 2 aliphatic heterocycles. The number of aromatic nitrogens is 4. The van der Waals surface area contributed by atoms with Gasteiger partial charge in [0, 0.05) is 45.1 Å². The Morgan fingerprint density at radius 3 is 2.45 bits per heavy atom. The van der Waals surface area contributed by atoms with Crippen molar-refractivity contribution in [1.29, 1.82) is 0 Å². The van der Waals surface area contributed by atoms with Crippen molar-refractivity contribution >= 4 is 23.3 Å². The summed E-state index contributed by atoms with van der Waals surface area (Å²) >= 11 is 0. The predicted octanol–water partition coefficient (Wildman–Crippen LogP) is 1.49. The Morgan fingerprint density at radius 1 is 1.06 bits per heavy atom. The van der Waals surface area contributed by atoms with Crippen LogP contribution in [0.4, 0.5) is 19.0 Å². The van der Waals surface area contributed by atoms with Gasteiger partial charge in [-0.15, -0.1) is 15.3 Å². The van der Waals surface area contributed by atoms with E-state index in [1.807, 2.05) is 9.80 Å². The molecule has 0 spiro atoms. The number of anilines is 1. The Hall–Kier alpha value is -2.92. The van der Waals surface area contributed by atoms with Gasteiger partial charge in [-0.3, -0.25) is 9.59 Å². The third-order valence-corrected chi connectivity index (χ3v) is 5.79. The summed E-state index contributed by atoms with van der Waals surface area (Å²) in [5.41, 5.74) is 0.0221. The number of alkyl halides is 3. The van der Waals surface area contributed by atoms with E-state index in [-0.39, 0.29) is 23.4 Å². The van der Waals surface area contributed by atoms with Crippen LogP contribution in [0.3, 0.4) is 0 Å². The number of amides is 2. The molecule has 2 aliphatic rings. The standard InChI is InChI=1S/C19H24F3N7O2/c20-19(21,22)18-25-24-14-3-4-15(26-29(14)18)27-11-6-13(7-12-27)17(31)23-8-5-16(30)28-9-1-2-10-28/h3-4,13H,1-2,5-12H2,(H,23,31). The molecule has 0 bridgehead atoms. The average Bonchev–Trinajstić information content (AvgIpc) is 3.43. The SMILES string of the molecule is O=C(NCCC(=O)N1CCCC1)C1CCN(c2ccc3nnc(C(F)(F)F)n3n2)CC1. The number of halogens is 3. The smallest absolute Gasteiger partial charge is 0.355 e. The van der Waals surface area contributed by atoms with Gasteiger partial charge in [-0.1, -0.05) is 0 Å². The minimum atomic E-state index is -4.65. The fraction of sp³-hybridized carbons (Fsp3) is 0.632. The number of rotatable bonds is 5. The molecule has 0 unspecified atom stereocenters. The maximum absolute atomic E-state index is 13.1. The van der Waals surface area contributed by atoms with Crippen molar-refractivity contribution in [2.24, 2.45) is 5.92 Å². The van der Waals surface area contributed by atoms with E-state index in [1.165, 1.54) is 6.07 Å². The highest BCUT2D eigenvalue weighted by molar-refractivity contribution is 5.80. The van der Waals surface area contributed by atoms with Crippen molar-refractivity contribution in [2.75, 3.05) is 37.6 Å². The molecular formula is C19H24F3N7O2. The molecule has 4 heterocycles.